The van der Waals surface area contributed by atoms with Crippen LogP contribution in [0, 0.1) is 6.92 Å². The molecule has 0 aliphatic heterocycles. The maximum Gasteiger partial charge on any atom is 0.106 e. The summed E-state index contributed by atoms with van der Waals surface area (Å²) >= 11 is 0. The van der Waals surface area contributed by atoms with E-state index in [-0.39, 0.29) is 0 Å². The lowest BCUT2D eigenvalue weighted by Crippen LogP contribution is -2.21. The van der Waals surface area contributed by atoms with E-state index < -0.39 is 6.23 Å². The molecule has 1 aromatic carbocycles. The third kappa shape index (κ3) is 2.33. The van der Waals surface area contributed by atoms with Crippen LogP contribution < -0.4 is 5.73 Å². The second-order valence-electron chi connectivity index (χ2n) is 2.70. The van der Waals surface area contributed by atoms with Gasteiger partial charge in [-0.05, 0) is 18.1 Å². The van der Waals surface area contributed by atoms with Crippen molar-refractivity contribution in [3.8, 4) is 0 Å². The summed E-state index contributed by atoms with van der Waals surface area (Å²) in [6.07, 6.45) is -0.205. The molecule has 0 amide bonds. The molecule has 1 aromatic rings. The summed E-state index contributed by atoms with van der Waals surface area (Å²) in [7, 11) is 0. The molecular formula is C9H13NO. The Bertz CT molecular complexity index is 233. The Kier molecular flexibility index (Phi) is 2.63. The van der Waals surface area contributed by atoms with Crippen molar-refractivity contribution in [2.24, 2.45) is 5.73 Å². The summed E-state index contributed by atoms with van der Waals surface area (Å²) in [5.74, 6) is 0. The van der Waals surface area contributed by atoms with Crippen LogP contribution in [0.1, 0.15) is 11.1 Å². The summed E-state index contributed by atoms with van der Waals surface area (Å²) in [5, 5.41) is 8.91. The molecule has 0 saturated carbocycles. The normalized spacial score (nSPS) is 13.0. The fourth-order valence-corrected chi connectivity index (χ4v) is 1.06. The largest absolute Gasteiger partial charge is 0.378 e. The third-order valence-corrected chi connectivity index (χ3v) is 1.69. The van der Waals surface area contributed by atoms with Crippen LogP contribution in [-0.2, 0) is 6.42 Å². The minimum absolute atomic E-state index is 0.534. The molecule has 60 valence electrons. The van der Waals surface area contributed by atoms with Gasteiger partial charge in [0, 0.05) is 6.42 Å². The van der Waals surface area contributed by atoms with Gasteiger partial charge in [0.2, 0.25) is 0 Å². The van der Waals surface area contributed by atoms with Crippen LogP contribution in [0.15, 0.2) is 24.3 Å². The van der Waals surface area contributed by atoms with Gasteiger partial charge in [-0.2, -0.15) is 0 Å². The van der Waals surface area contributed by atoms with Crippen molar-refractivity contribution >= 4 is 0 Å². The lowest BCUT2D eigenvalue weighted by atomic mass is 10.1. The molecule has 0 aromatic heterocycles. The average Bonchev–Trinajstić information content (AvgIpc) is 1.93. The van der Waals surface area contributed by atoms with Crippen LogP contribution in [-0.4, -0.2) is 11.3 Å². The highest BCUT2D eigenvalue weighted by molar-refractivity contribution is 5.25. The van der Waals surface area contributed by atoms with E-state index in [9.17, 15) is 0 Å². The van der Waals surface area contributed by atoms with Crippen molar-refractivity contribution in [1.82, 2.24) is 0 Å². The fourth-order valence-electron chi connectivity index (χ4n) is 1.06. The highest BCUT2D eigenvalue weighted by Gasteiger charge is 2.00. The van der Waals surface area contributed by atoms with Gasteiger partial charge in [0.15, 0.2) is 0 Å². The Balaban J connectivity index is 2.78. The summed E-state index contributed by atoms with van der Waals surface area (Å²) in [5.41, 5.74) is 7.54. The van der Waals surface area contributed by atoms with E-state index in [0.717, 1.165) is 5.56 Å². The van der Waals surface area contributed by atoms with Crippen LogP contribution in [0.5, 0.6) is 0 Å². The molecule has 11 heavy (non-hydrogen) atoms. The van der Waals surface area contributed by atoms with E-state index in [2.05, 4.69) is 0 Å². The predicted molar refractivity (Wildman–Crippen MR) is 45.1 cm³/mol. The summed E-state index contributed by atoms with van der Waals surface area (Å²) < 4.78 is 0. The molecule has 0 spiro atoms. The second kappa shape index (κ2) is 3.51. The molecule has 1 unspecified atom stereocenters. The Morgan fingerprint density at radius 1 is 1.45 bits per heavy atom. The van der Waals surface area contributed by atoms with Gasteiger partial charge in [-0.3, -0.25) is 0 Å². The van der Waals surface area contributed by atoms with Crippen LogP contribution in [0.2, 0.25) is 0 Å². The Morgan fingerprint density at radius 2 is 2.09 bits per heavy atom. The monoisotopic (exact) mass is 151 g/mol. The van der Waals surface area contributed by atoms with E-state index in [1.807, 2.05) is 31.2 Å². The standard InChI is InChI=1S/C9H13NO/c1-7-4-2-3-5-8(7)6-9(10)11/h2-5,9,11H,6,10H2,1H3. The van der Waals surface area contributed by atoms with Crippen LogP contribution in [0.4, 0.5) is 0 Å². The lowest BCUT2D eigenvalue weighted by Gasteiger charge is -2.06. The molecule has 3 N–H and O–H groups in total. The quantitative estimate of drug-likeness (QED) is 0.614. The van der Waals surface area contributed by atoms with Gasteiger partial charge in [0.1, 0.15) is 6.23 Å². The summed E-state index contributed by atoms with van der Waals surface area (Å²) in [4.78, 5) is 0. The lowest BCUT2D eigenvalue weighted by molar-refractivity contribution is 0.182. The van der Waals surface area contributed by atoms with Crippen molar-refractivity contribution in [3.63, 3.8) is 0 Å². The van der Waals surface area contributed by atoms with Crippen molar-refractivity contribution in [2.75, 3.05) is 0 Å². The first-order chi connectivity index (χ1) is 5.20. The molecule has 0 aliphatic carbocycles. The average molecular weight is 151 g/mol. The van der Waals surface area contributed by atoms with Crippen LogP contribution in [0.3, 0.4) is 0 Å². The smallest absolute Gasteiger partial charge is 0.106 e. The SMILES string of the molecule is Cc1ccccc1CC(N)O. The van der Waals surface area contributed by atoms with Crippen molar-refractivity contribution in [2.45, 2.75) is 19.6 Å². The molecule has 0 radical (unpaired) electrons. The van der Waals surface area contributed by atoms with Crippen molar-refractivity contribution < 1.29 is 5.11 Å². The minimum atomic E-state index is -0.740. The van der Waals surface area contributed by atoms with Gasteiger partial charge in [0.05, 0.1) is 0 Å². The summed E-state index contributed by atoms with van der Waals surface area (Å²) in [6, 6.07) is 7.91. The van der Waals surface area contributed by atoms with E-state index >= 15 is 0 Å². The molecule has 0 saturated heterocycles. The topological polar surface area (TPSA) is 46.2 Å². The first-order valence-corrected chi connectivity index (χ1v) is 3.68. The molecular weight excluding hydrogens is 138 g/mol. The predicted octanol–water partition coefficient (Wildman–Crippen LogP) is 0.815. The number of hydrogen-bond donors (Lipinski definition) is 2. The van der Waals surface area contributed by atoms with Gasteiger partial charge >= 0.3 is 0 Å². The maximum atomic E-state index is 8.91. The van der Waals surface area contributed by atoms with Gasteiger partial charge in [-0.15, -0.1) is 0 Å². The molecule has 1 rings (SSSR count). The second-order valence-corrected chi connectivity index (χ2v) is 2.70. The molecule has 2 nitrogen and oxygen atoms in total. The highest BCUT2D eigenvalue weighted by Crippen LogP contribution is 2.07. The van der Waals surface area contributed by atoms with E-state index in [1.54, 1.807) is 0 Å². The van der Waals surface area contributed by atoms with Gasteiger partial charge in [0.25, 0.3) is 0 Å². The first kappa shape index (κ1) is 8.24. The third-order valence-electron chi connectivity index (χ3n) is 1.69. The summed E-state index contributed by atoms with van der Waals surface area (Å²) in [6.45, 7) is 2.01. The number of aliphatic hydroxyl groups excluding tert-OH is 1. The molecule has 1 atom stereocenters. The van der Waals surface area contributed by atoms with Crippen LogP contribution in [0.25, 0.3) is 0 Å². The molecule has 2 heteroatoms. The number of benzene rings is 1. The Morgan fingerprint density at radius 3 is 2.64 bits per heavy atom. The Hall–Kier alpha value is -0.860. The van der Waals surface area contributed by atoms with E-state index in [0.29, 0.717) is 6.42 Å². The van der Waals surface area contributed by atoms with Crippen molar-refractivity contribution in [3.05, 3.63) is 35.4 Å². The molecule has 0 bridgehead atoms. The zero-order chi connectivity index (χ0) is 8.27. The van der Waals surface area contributed by atoms with Gasteiger partial charge < -0.3 is 10.8 Å². The molecule has 0 heterocycles. The number of rotatable bonds is 2. The number of aliphatic hydroxyl groups is 1. The number of hydrogen-bond acceptors (Lipinski definition) is 2. The van der Waals surface area contributed by atoms with Gasteiger partial charge in [-0.25, -0.2) is 0 Å². The maximum absolute atomic E-state index is 8.91. The molecule has 0 fully saturated rings. The number of nitrogens with two attached hydrogens (primary N) is 1. The van der Waals surface area contributed by atoms with Crippen molar-refractivity contribution in [1.29, 1.82) is 0 Å². The molecule has 0 aliphatic rings. The number of aryl methyl sites for hydroxylation is 1. The minimum Gasteiger partial charge on any atom is -0.378 e. The van der Waals surface area contributed by atoms with E-state index in [4.69, 9.17) is 10.8 Å². The first-order valence-electron chi connectivity index (χ1n) is 3.68. The van der Waals surface area contributed by atoms with Gasteiger partial charge in [-0.1, -0.05) is 24.3 Å². The zero-order valence-electron chi connectivity index (χ0n) is 6.62. The van der Waals surface area contributed by atoms with E-state index in [1.165, 1.54) is 5.56 Å². The highest BCUT2D eigenvalue weighted by atomic mass is 16.3. The Labute approximate surface area is 66.7 Å². The van der Waals surface area contributed by atoms with Crippen LogP contribution >= 0.6 is 0 Å². The fraction of sp³-hybridized carbons (Fsp3) is 0.333. The zero-order valence-corrected chi connectivity index (χ0v) is 6.62.